The van der Waals surface area contributed by atoms with Crippen LogP contribution in [-0.2, 0) is 11.3 Å². The van der Waals surface area contributed by atoms with Gasteiger partial charge in [-0.2, -0.15) is 0 Å². The third-order valence-electron chi connectivity index (χ3n) is 7.24. The van der Waals surface area contributed by atoms with Gasteiger partial charge in [-0.15, -0.1) is 11.8 Å². The highest BCUT2D eigenvalue weighted by molar-refractivity contribution is 7.99. The first-order valence-electron chi connectivity index (χ1n) is 13.5. The van der Waals surface area contributed by atoms with E-state index in [9.17, 15) is 4.79 Å². The molecular weight excluding hydrogens is 510 g/mol. The van der Waals surface area contributed by atoms with Gasteiger partial charge in [0.15, 0.2) is 23.8 Å². The lowest BCUT2D eigenvalue weighted by Gasteiger charge is -2.28. The van der Waals surface area contributed by atoms with Crippen LogP contribution in [0.2, 0.25) is 0 Å². The Labute approximate surface area is 233 Å². The van der Waals surface area contributed by atoms with Gasteiger partial charge in [-0.3, -0.25) is 14.8 Å². The summed E-state index contributed by atoms with van der Waals surface area (Å²) in [7, 11) is 2.02. The van der Waals surface area contributed by atoms with Gasteiger partial charge in [-0.25, -0.2) is 19.9 Å². The number of aromatic nitrogens is 5. The number of rotatable bonds is 11. The summed E-state index contributed by atoms with van der Waals surface area (Å²) in [5, 5.41) is 3.13. The molecule has 2 aliphatic carbocycles. The minimum absolute atomic E-state index is 0.172. The van der Waals surface area contributed by atoms with Crippen LogP contribution in [0.3, 0.4) is 0 Å². The van der Waals surface area contributed by atoms with Gasteiger partial charge in [0, 0.05) is 35.7 Å². The Hall–Kier alpha value is -3.60. The zero-order valence-corrected chi connectivity index (χ0v) is 23.7. The summed E-state index contributed by atoms with van der Waals surface area (Å²) in [6, 6.07) is 4.22. The van der Waals surface area contributed by atoms with Crippen LogP contribution in [0, 0.1) is 12.8 Å². The number of carbonyl (C=O) groups excluding carboxylic acids is 1. The smallest absolute Gasteiger partial charge is 0.220 e. The molecule has 5 rings (SSSR count). The molecule has 2 saturated carbocycles. The molecule has 3 aromatic heterocycles. The van der Waals surface area contributed by atoms with E-state index in [1.807, 2.05) is 32.3 Å². The van der Waals surface area contributed by atoms with Crippen molar-refractivity contribution in [3.05, 3.63) is 41.6 Å². The standard InChI is InChI=1S/C28H35N9OS/c1-5-39-21-11-10-20(30-13-21)12-31-23(15-38)35-26-27(37(4)17(3)18-6-7-18)34-22(14-32-26)24-16(2)33-28(29)36-25(24)19-8-9-19/h10-11,13-15,17-19H,5-9,12H2,1-4H3,(H2,29,33,36)(H,31,32,35). The predicted molar refractivity (Wildman–Crippen MR) is 156 cm³/mol. The number of amidine groups is 1. The number of aldehydes is 1. The maximum atomic E-state index is 12.0. The Morgan fingerprint density at radius 1 is 1.21 bits per heavy atom. The van der Waals surface area contributed by atoms with Crippen molar-refractivity contribution in [2.45, 2.75) is 69.9 Å². The number of nitrogens with zero attached hydrogens (tertiary/aromatic N) is 7. The molecule has 2 fully saturated rings. The first kappa shape index (κ1) is 27.0. The number of carbonyl (C=O) groups is 1. The van der Waals surface area contributed by atoms with Gasteiger partial charge in [0.1, 0.15) is 0 Å². The van der Waals surface area contributed by atoms with E-state index in [0.717, 1.165) is 46.1 Å². The van der Waals surface area contributed by atoms with Gasteiger partial charge in [-0.05, 0) is 63.3 Å². The summed E-state index contributed by atoms with van der Waals surface area (Å²) >= 11 is 1.73. The lowest BCUT2D eigenvalue weighted by molar-refractivity contribution is -0.102. The number of aryl methyl sites for hydroxylation is 1. The second-order valence-electron chi connectivity index (χ2n) is 10.2. The fourth-order valence-corrected chi connectivity index (χ4v) is 5.28. The number of nitrogens with two attached hydrogens (primary N) is 1. The van der Waals surface area contributed by atoms with Crippen LogP contribution in [0.25, 0.3) is 11.3 Å². The molecule has 0 aliphatic heterocycles. The van der Waals surface area contributed by atoms with E-state index < -0.39 is 0 Å². The second-order valence-corrected chi connectivity index (χ2v) is 11.5. The average Bonchev–Trinajstić information content (AvgIpc) is 3.84. The lowest BCUT2D eigenvalue weighted by atomic mass is 10.1. The molecule has 39 heavy (non-hydrogen) atoms. The number of thioether (sulfide) groups is 1. The average molecular weight is 546 g/mol. The second kappa shape index (κ2) is 11.6. The summed E-state index contributed by atoms with van der Waals surface area (Å²) in [5.41, 5.74) is 10.1. The molecule has 11 heteroatoms. The van der Waals surface area contributed by atoms with E-state index in [-0.39, 0.29) is 24.4 Å². The molecule has 0 aromatic carbocycles. The van der Waals surface area contributed by atoms with Crippen molar-refractivity contribution in [2.75, 3.05) is 28.8 Å². The molecule has 3 heterocycles. The molecule has 3 aromatic rings. The summed E-state index contributed by atoms with van der Waals surface area (Å²) in [6.45, 7) is 6.51. The highest BCUT2D eigenvalue weighted by Gasteiger charge is 2.34. The summed E-state index contributed by atoms with van der Waals surface area (Å²) in [6.07, 6.45) is 8.80. The van der Waals surface area contributed by atoms with Gasteiger partial charge in [0.05, 0.1) is 35.5 Å². The van der Waals surface area contributed by atoms with Crippen LogP contribution >= 0.6 is 11.8 Å². The van der Waals surface area contributed by atoms with Gasteiger partial charge in [0.25, 0.3) is 0 Å². The Morgan fingerprint density at radius 2 is 2.00 bits per heavy atom. The number of nitrogen functional groups attached to an aromatic ring is 1. The lowest BCUT2D eigenvalue weighted by Crippen LogP contribution is -2.33. The summed E-state index contributed by atoms with van der Waals surface area (Å²) < 4.78 is 0. The van der Waals surface area contributed by atoms with E-state index >= 15 is 0 Å². The van der Waals surface area contributed by atoms with Crippen LogP contribution < -0.4 is 16.0 Å². The highest BCUT2D eigenvalue weighted by atomic mass is 32.2. The molecule has 3 N–H and O–H groups in total. The largest absolute Gasteiger partial charge is 0.368 e. The topological polar surface area (TPSA) is 135 Å². The number of anilines is 3. The van der Waals surface area contributed by atoms with Crippen molar-refractivity contribution in [1.29, 1.82) is 0 Å². The summed E-state index contributed by atoms with van der Waals surface area (Å²) in [4.78, 5) is 43.0. The fourth-order valence-electron chi connectivity index (χ4n) is 4.66. The van der Waals surface area contributed by atoms with E-state index in [1.54, 1.807) is 18.0 Å². The van der Waals surface area contributed by atoms with E-state index in [4.69, 9.17) is 15.7 Å². The monoisotopic (exact) mass is 545 g/mol. The molecule has 0 radical (unpaired) electrons. The zero-order valence-electron chi connectivity index (χ0n) is 22.9. The molecular formula is C28H35N9OS. The van der Waals surface area contributed by atoms with Gasteiger partial charge in [0.2, 0.25) is 5.95 Å². The van der Waals surface area contributed by atoms with Crippen molar-refractivity contribution >= 4 is 41.5 Å². The Balaban J connectivity index is 1.46. The third kappa shape index (κ3) is 6.35. The maximum absolute atomic E-state index is 12.0. The first-order chi connectivity index (χ1) is 18.9. The van der Waals surface area contributed by atoms with Crippen molar-refractivity contribution < 1.29 is 4.79 Å². The van der Waals surface area contributed by atoms with Crippen LogP contribution in [0.15, 0.2) is 34.4 Å². The van der Waals surface area contributed by atoms with Gasteiger partial charge in [-0.1, -0.05) is 6.92 Å². The molecule has 0 spiro atoms. The molecule has 0 saturated heterocycles. The van der Waals surface area contributed by atoms with Crippen molar-refractivity contribution in [3.8, 4) is 11.3 Å². The Morgan fingerprint density at radius 3 is 2.64 bits per heavy atom. The van der Waals surface area contributed by atoms with Crippen LogP contribution in [-0.4, -0.2) is 55.9 Å². The number of nitrogens with one attached hydrogen (secondary N) is 1. The molecule has 1 atom stereocenters. The summed E-state index contributed by atoms with van der Waals surface area (Å²) in [5.74, 6) is 3.54. The van der Waals surface area contributed by atoms with E-state index in [0.29, 0.717) is 35.5 Å². The number of hydrogen-bond donors (Lipinski definition) is 2. The fraction of sp³-hybridized carbons (Fsp3) is 0.464. The SMILES string of the molecule is CCSc1ccc(CN=C(C=O)Nc2ncc(-c3c(C)nc(N)nc3C3CC3)nc2N(C)C(C)C2CC2)nc1. The molecule has 2 aliphatic rings. The van der Waals surface area contributed by atoms with E-state index in [1.165, 1.54) is 12.8 Å². The number of hydrogen-bond acceptors (Lipinski definition) is 10. The molecule has 0 amide bonds. The minimum Gasteiger partial charge on any atom is -0.368 e. The highest BCUT2D eigenvalue weighted by Crippen LogP contribution is 2.44. The van der Waals surface area contributed by atoms with Gasteiger partial charge >= 0.3 is 0 Å². The first-order valence-corrected chi connectivity index (χ1v) is 14.4. The van der Waals surface area contributed by atoms with Crippen molar-refractivity contribution in [3.63, 3.8) is 0 Å². The zero-order chi connectivity index (χ0) is 27.5. The Kier molecular flexibility index (Phi) is 8.06. The normalized spacial score (nSPS) is 16.2. The number of aliphatic imine (C=N–C) groups is 1. The predicted octanol–water partition coefficient (Wildman–Crippen LogP) is 4.65. The number of pyridine rings is 1. The van der Waals surface area contributed by atoms with E-state index in [2.05, 4.69) is 44.0 Å². The van der Waals surface area contributed by atoms with Gasteiger partial charge < -0.3 is 16.0 Å². The minimum atomic E-state index is 0.172. The van der Waals surface area contributed by atoms with Crippen LogP contribution in [0.4, 0.5) is 17.6 Å². The molecule has 204 valence electrons. The quantitative estimate of drug-likeness (QED) is 0.152. The molecule has 1 unspecified atom stereocenters. The molecule has 10 nitrogen and oxygen atoms in total. The maximum Gasteiger partial charge on any atom is 0.220 e. The van der Waals surface area contributed by atoms with Crippen LogP contribution in [0.5, 0.6) is 0 Å². The van der Waals surface area contributed by atoms with Crippen molar-refractivity contribution in [1.82, 2.24) is 24.9 Å². The molecule has 0 bridgehead atoms. The Bertz CT molecular complexity index is 1370. The van der Waals surface area contributed by atoms with Crippen molar-refractivity contribution in [2.24, 2.45) is 10.9 Å². The third-order valence-corrected chi connectivity index (χ3v) is 8.10. The van der Waals surface area contributed by atoms with Crippen LogP contribution in [0.1, 0.15) is 62.5 Å².